The van der Waals surface area contributed by atoms with E-state index in [0.29, 0.717) is 16.5 Å². The fourth-order valence-electron chi connectivity index (χ4n) is 3.05. The lowest BCUT2D eigenvalue weighted by Gasteiger charge is -2.35. The highest BCUT2D eigenvalue weighted by Crippen LogP contribution is 2.24. The van der Waals surface area contributed by atoms with Gasteiger partial charge in [-0.25, -0.2) is 0 Å². The first-order valence-corrected chi connectivity index (χ1v) is 8.09. The average molecular weight is 323 g/mol. The molecule has 0 aromatic heterocycles. The van der Waals surface area contributed by atoms with Crippen molar-refractivity contribution in [3.05, 3.63) is 34.3 Å². The third-order valence-electron chi connectivity index (χ3n) is 4.46. The molecule has 0 radical (unpaired) electrons. The molecule has 0 unspecified atom stereocenters. The van der Waals surface area contributed by atoms with E-state index in [1.807, 2.05) is 30.9 Å². The van der Waals surface area contributed by atoms with Crippen molar-refractivity contribution in [2.45, 2.75) is 39.7 Å². The second-order valence-corrected chi connectivity index (χ2v) is 6.44. The predicted octanol–water partition coefficient (Wildman–Crippen LogP) is 3.03. The van der Waals surface area contributed by atoms with E-state index in [1.165, 1.54) is 6.92 Å². The highest BCUT2D eigenvalue weighted by atomic mass is 35.5. The van der Waals surface area contributed by atoms with Crippen molar-refractivity contribution in [2.75, 3.05) is 13.1 Å². The maximum Gasteiger partial charge on any atom is 0.254 e. The van der Waals surface area contributed by atoms with Gasteiger partial charge in [-0.1, -0.05) is 17.7 Å². The van der Waals surface area contributed by atoms with Gasteiger partial charge >= 0.3 is 0 Å². The predicted molar refractivity (Wildman–Crippen MR) is 88.1 cm³/mol. The molecular formula is C17H23ClN2O2. The summed E-state index contributed by atoms with van der Waals surface area (Å²) in [7, 11) is 0. The summed E-state index contributed by atoms with van der Waals surface area (Å²) in [4.78, 5) is 25.6. The van der Waals surface area contributed by atoms with Gasteiger partial charge in [0.15, 0.2) is 0 Å². The van der Waals surface area contributed by atoms with Gasteiger partial charge in [0.05, 0.1) is 0 Å². The van der Waals surface area contributed by atoms with Gasteiger partial charge in [0, 0.05) is 36.6 Å². The van der Waals surface area contributed by atoms with E-state index in [-0.39, 0.29) is 17.9 Å². The van der Waals surface area contributed by atoms with Crippen LogP contribution in [0.15, 0.2) is 18.2 Å². The van der Waals surface area contributed by atoms with Crippen molar-refractivity contribution in [1.82, 2.24) is 10.2 Å². The minimum Gasteiger partial charge on any atom is -0.354 e. The Morgan fingerprint density at radius 3 is 2.55 bits per heavy atom. The summed E-state index contributed by atoms with van der Waals surface area (Å²) in [5.41, 5.74) is 1.52. The topological polar surface area (TPSA) is 49.4 Å². The molecule has 1 fully saturated rings. The standard InChI is InChI=1S/C17H23ClN2O2/c1-11-15(5-4-6-16(11)18)17(22)20-9-7-14(8-10-20)12(2)19-13(3)21/h4-6,12,14H,7-10H2,1-3H3,(H,19,21)/t12-/m1/s1. The van der Waals surface area contributed by atoms with Crippen LogP contribution in [0.2, 0.25) is 5.02 Å². The molecule has 1 heterocycles. The van der Waals surface area contributed by atoms with Gasteiger partial charge in [0.2, 0.25) is 5.91 Å². The maximum absolute atomic E-state index is 12.6. The van der Waals surface area contributed by atoms with Gasteiger partial charge < -0.3 is 10.2 Å². The number of likely N-dealkylation sites (tertiary alicyclic amines) is 1. The van der Waals surface area contributed by atoms with E-state index in [0.717, 1.165) is 31.5 Å². The van der Waals surface area contributed by atoms with Gasteiger partial charge in [-0.3, -0.25) is 9.59 Å². The van der Waals surface area contributed by atoms with Crippen molar-refractivity contribution in [1.29, 1.82) is 0 Å². The van der Waals surface area contributed by atoms with Crippen LogP contribution in [-0.2, 0) is 4.79 Å². The monoisotopic (exact) mass is 322 g/mol. The van der Waals surface area contributed by atoms with E-state index in [1.54, 1.807) is 6.07 Å². The molecule has 1 aromatic carbocycles. The SMILES string of the molecule is CC(=O)N[C@H](C)C1CCN(C(=O)c2cccc(Cl)c2C)CC1. The third kappa shape index (κ3) is 3.80. The minimum atomic E-state index is 0.000517. The normalized spacial score (nSPS) is 17.2. The van der Waals surface area contributed by atoms with Crippen LogP contribution in [0.25, 0.3) is 0 Å². The first-order valence-electron chi connectivity index (χ1n) is 7.71. The fraction of sp³-hybridized carbons (Fsp3) is 0.529. The summed E-state index contributed by atoms with van der Waals surface area (Å²) in [6.45, 7) is 6.89. The molecule has 2 rings (SSSR count). The molecule has 1 aliphatic heterocycles. The summed E-state index contributed by atoms with van der Waals surface area (Å²) < 4.78 is 0. The number of carbonyl (C=O) groups excluding carboxylic acids is 2. The quantitative estimate of drug-likeness (QED) is 0.930. The number of hydrogen-bond acceptors (Lipinski definition) is 2. The molecule has 120 valence electrons. The number of nitrogens with zero attached hydrogens (tertiary/aromatic N) is 1. The Morgan fingerprint density at radius 2 is 1.95 bits per heavy atom. The Balaban J connectivity index is 1.98. The van der Waals surface area contributed by atoms with Crippen LogP contribution in [0.4, 0.5) is 0 Å². The molecule has 0 saturated carbocycles. The lowest BCUT2D eigenvalue weighted by Crippen LogP contribution is -2.45. The number of carbonyl (C=O) groups is 2. The average Bonchev–Trinajstić information content (AvgIpc) is 2.49. The summed E-state index contributed by atoms with van der Waals surface area (Å²) in [5.74, 6) is 0.472. The van der Waals surface area contributed by atoms with Gasteiger partial charge in [-0.05, 0) is 50.3 Å². The molecule has 1 N–H and O–H groups in total. The number of rotatable bonds is 3. The van der Waals surface area contributed by atoms with Crippen molar-refractivity contribution in [3.8, 4) is 0 Å². The largest absolute Gasteiger partial charge is 0.354 e. The molecule has 4 nitrogen and oxygen atoms in total. The molecule has 1 aliphatic rings. The lowest BCUT2D eigenvalue weighted by atomic mass is 9.90. The van der Waals surface area contributed by atoms with Crippen LogP contribution < -0.4 is 5.32 Å². The molecule has 1 atom stereocenters. The van der Waals surface area contributed by atoms with Gasteiger partial charge in [0.25, 0.3) is 5.91 Å². The molecule has 5 heteroatoms. The Bertz CT molecular complexity index is 566. The second kappa shape index (κ2) is 7.14. The van der Waals surface area contributed by atoms with E-state index >= 15 is 0 Å². The molecule has 0 bridgehead atoms. The lowest BCUT2D eigenvalue weighted by molar-refractivity contribution is -0.120. The second-order valence-electron chi connectivity index (χ2n) is 6.03. The molecule has 0 spiro atoms. The number of hydrogen-bond donors (Lipinski definition) is 1. The molecule has 1 aromatic rings. The maximum atomic E-state index is 12.6. The van der Waals surface area contributed by atoms with Crippen LogP contribution in [0, 0.1) is 12.8 Å². The Hall–Kier alpha value is -1.55. The molecule has 22 heavy (non-hydrogen) atoms. The van der Waals surface area contributed by atoms with Crippen molar-refractivity contribution >= 4 is 23.4 Å². The van der Waals surface area contributed by atoms with Crippen LogP contribution in [0.5, 0.6) is 0 Å². The molecule has 2 amide bonds. The smallest absolute Gasteiger partial charge is 0.254 e. The number of nitrogens with one attached hydrogen (secondary N) is 1. The molecule has 1 saturated heterocycles. The highest BCUT2D eigenvalue weighted by molar-refractivity contribution is 6.31. The van der Waals surface area contributed by atoms with Crippen molar-refractivity contribution in [2.24, 2.45) is 5.92 Å². The van der Waals surface area contributed by atoms with Crippen LogP contribution in [0.3, 0.4) is 0 Å². The van der Waals surface area contributed by atoms with Gasteiger partial charge in [0.1, 0.15) is 0 Å². The van der Waals surface area contributed by atoms with Crippen LogP contribution in [-0.4, -0.2) is 35.8 Å². The van der Waals surface area contributed by atoms with E-state index in [9.17, 15) is 9.59 Å². The highest BCUT2D eigenvalue weighted by Gasteiger charge is 2.27. The number of piperidine rings is 1. The Kier molecular flexibility index (Phi) is 5.46. The van der Waals surface area contributed by atoms with Crippen LogP contribution in [0.1, 0.15) is 42.6 Å². The minimum absolute atomic E-state index is 0.000517. The van der Waals surface area contributed by atoms with Gasteiger partial charge in [-0.2, -0.15) is 0 Å². The van der Waals surface area contributed by atoms with E-state index < -0.39 is 0 Å². The fourth-order valence-corrected chi connectivity index (χ4v) is 3.23. The van der Waals surface area contributed by atoms with Gasteiger partial charge in [-0.15, -0.1) is 0 Å². The molecule has 0 aliphatic carbocycles. The van der Waals surface area contributed by atoms with E-state index in [4.69, 9.17) is 11.6 Å². The number of halogens is 1. The Labute approximate surface area is 136 Å². The zero-order valence-corrected chi connectivity index (χ0v) is 14.1. The zero-order chi connectivity index (χ0) is 16.3. The third-order valence-corrected chi connectivity index (χ3v) is 4.87. The summed E-state index contributed by atoms with van der Waals surface area (Å²) in [6, 6.07) is 5.60. The zero-order valence-electron chi connectivity index (χ0n) is 13.4. The van der Waals surface area contributed by atoms with Crippen molar-refractivity contribution in [3.63, 3.8) is 0 Å². The first-order chi connectivity index (χ1) is 10.4. The van der Waals surface area contributed by atoms with Crippen molar-refractivity contribution < 1.29 is 9.59 Å². The summed E-state index contributed by atoms with van der Waals surface area (Å²) >= 11 is 6.10. The van der Waals surface area contributed by atoms with E-state index in [2.05, 4.69) is 5.32 Å². The summed E-state index contributed by atoms with van der Waals surface area (Å²) in [5, 5.41) is 3.57. The van der Waals surface area contributed by atoms with Crippen LogP contribution >= 0.6 is 11.6 Å². The molecular weight excluding hydrogens is 300 g/mol. The Morgan fingerprint density at radius 1 is 1.32 bits per heavy atom. The number of amides is 2. The summed E-state index contributed by atoms with van der Waals surface area (Å²) in [6.07, 6.45) is 1.82. The first kappa shape index (κ1) is 16.8. The number of benzene rings is 1.